The minimum Gasteiger partial charge on any atom is -0.316 e. The highest BCUT2D eigenvalue weighted by molar-refractivity contribution is 5.95. The van der Waals surface area contributed by atoms with E-state index in [0.717, 1.165) is 42.4 Å². The molecule has 0 radical (unpaired) electrons. The molecule has 0 unspecified atom stereocenters. The fourth-order valence-electron chi connectivity index (χ4n) is 3.82. The first-order chi connectivity index (χ1) is 12.6. The third-order valence-electron chi connectivity index (χ3n) is 5.34. The van der Waals surface area contributed by atoms with Gasteiger partial charge in [-0.05, 0) is 44.4 Å². The van der Waals surface area contributed by atoms with Crippen LogP contribution in [0.4, 0.5) is 10.2 Å². The van der Waals surface area contributed by atoms with E-state index < -0.39 is 0 Å². The first-order valence-electron chi connectivity index (χ1n) is 9.25. The molecule has 4 rings (SSSR count). The average molecular weight is 354 g/mol. The zero-order valence-corrected chi connectivity index (χ0v) is 15.0. The molecule has 1 fully saturated rings. The van der Waals surface area contributed by atoms with Gasteiger partial charge in [-0.15, -0.1) is 0 Å². The van der Waals surface area contributed by atoms with Crippen LogP contribution >= 0.6 is 0 Å². The van der Waals surface area contributed by atoms with E-state index in [9.17, 15) is 9.18 Å². The highest BCUT2D eigenvalue weighted by Gasteiger charge is 2.30. The van der Waals surface area contributed by atoms with Crippen molar-refractivity contribution >= 4 is 11.7 Å². The molecular formula is C20H23FN4O. The van der Waals surface area contributed by atoms with Crippen molar-refractivity contribution in [3.63, 3.8) is 0 Å². The number of benzene rings is 1. The summed E-state index contributed by atoms with van der Waals surface area (Å²) in [7, 11) is 0. The molecule has 2 aromatic rings. The van der Waals surface area contributed by atoms with Crippen molar-refractivity contribution < 1.29 is 9.18 Å². The van der Waals surface area contributed by atoms with Crippen LogP contribution in [-0.2, 0) is 17.6 Å². The molecule has 6 heteroatoms. The lowest BCUT2D eigenvalue weighted by atomic mass is 10.0. The zero-order chi connectivity index (χ0) is 18.1. The van der Waals surface area contributed by atoms with Gasteiger partial charge in [0, 0.05) is 36.7 Å². The molecule has 0 spiro atoms. The summed E-state index contributed by atoms with van der Waals surface area (Å²) in [4.78, 5) is 23.8. The monoisotopic (exact) mass is 354 g/mol. The van der Waals surface area contributed by atoms with Crippen LogP contribution in [0.2, 0.25) is 0 Å². The number of nitrogens with one attached hydrogen (secondary N) is 1. The van der Waals surface area contributed by atoms with E-state index in [2.05, 4.69) is 5.32 Å². The number of aromatic nitrogens is 2. The Hall–Kier alpha value is -2.34. The standard InChI is InChI=1S/C20H23FN4O/c1-13-16-6-7-18(26)25(11-9-14-4-2-3-5-17(14)21)20(16)24-19(23-13)15-8-10-22-12-15/h2-5,15,22H,6-12H2,1H3/t15-/m1/s1. The predicted octanol–water partition coefficient (Wildman–Crippen LogP) is 2.52. The largest absolute Gasteiger partial charge is 0.316 e. The number of nitrogens with zero attached hydrogens (tertiary/aromatic N) is 3. The van der Waals surface area contributed by atoms with E-state index in [4.69, 9.17) is 9.97 Å². The van der Waals surface area contributed by atoms with Crippen LogP contribution < -0.4 is 10.2 Å². The first-order valence-corrected chi connectivity index (χ1v) is 9.25. The maximum absolute atomic E-state index is 13.9. The molecule has 2 aliphatic rings. The van der Waals surface area contributed by atoms with Gasteiger partial charge in [-0.1, -0.05) is 18.2 Å². The third kappa shape index (κ3) is 3.21. The fourth-order valence-corrected chi connectivity index (χ4v) is 3.82. The highest BCUT2D eigenvalue weighted by atomic mass is 19.1. The molecule has 136 valence electrons. The smallest absolute Gasteiger partial charge is 0.228 e. The summed E-state index contributed by atoms with van der Waals surface area (Å²) in [5.74, 6) is 1.67. The Balaban J connectivity index is 1.64. The van der Waals surface area contributed by atoms with E-state index >= 15 is 0 Å². The SMILES string of the molecule is Cc1nc([C@@H]2CCNC2)nc2c1CCC(=O)N2CCc1ccccc1F. The number of carbonyl (C=O) groups is 1. The number of rotatable bonds is 4. The van der Waals surface area contributed by atoms with Crippen LogP contribution in [0.5, 0.6) is 0 Å². The molecule has 0 aliphatic carbocycles. The van der Waals surface area contributed by atoms with Crippen LogP contribution in [0.1, 0.15) is 41.4 Å². The molecule has 1 N–H and O–H groups in total. The van der Waals surface area contributed by atoms with E-state index in [1.54, 1.807) is 17.0 Å². The van der Waals surface area contributed by atoms with E-state index in [-0.39, 0.29) is 11.7 Å². The van der Waals surface area contributed by atoms with Gasteiger partial charge in [-0.25, -0.2) is 14.4 Å². The van der Waals surface area contributed by atoms with Crippen LogP contribution in [0.25, 0.3) is 0 Å². The number of amides is 1. The van der Waals surface area contributed by atoms with Gasteiger partial charge in [0.15, 0.2) is 0 Å². The summed E-state index contributed by atoms with van der Waals surface area (Å²) in [6.07, 6.45) is 2.63. The summed E-state index contributed by atoms with van der Waals surface area (Å²) in [6, 6.07) is 6.73. The van der Waals surface area contributed by atoms with E-state index in [1.165, 1.54) is 6.07 Å². The quantitative estimate of drug-likeness (QED) is 0.917. The summed E-state index contributed by atoms with van der Waals surface area (Å²) in [5.41, 5.74) is 2.63. The molecule has 1 aromatic carbocycles. The van der Waals surface area contributed by atoms with Crippen molar-refractivity contribution in [2.45, 2.75) is 38.5 Å². The van der Waals surface area contributed by atoms with Crippen molar-refractivity contribution in [3.05, 3.63) is 52.7 Å². The summed E-state index contributed by atoms with van der Waals surface area (Å²) >= 11 is 0. The van der Waals surface area contributed by atoms with Gasteiger partial charge in [0.2, 0.25) is 5.91 Å². The topological polar surface area (TPSA) is 58.1 Å². The summed E-state index contributed by atoms with van der Waals surface area (Å²) in [6.45, 7) is 4.28. The summed E-state index contributed by atoms with van der Waals surface area (Å²) in [5, 5.41) is 3.34. The second kappa shape index (κ2) is 7.11. The molecule has 0 bridgehead atoms. The average Bonchev–Trinajstić information content (AvgIpc) is 3.17. The lowest BCUT2D eigenvalue weighted by Gasteiger charge is -2.30. The van der Waals surface area contributed by atoms with Crippen molar-refractivity contribution in [1.82, 2.24) is 15.3 Å². The van der Waals surface area contributed by atoms with Gasteiger partial charge in [0.25, 0.3) is 0 Å². The Morgan fingerprint density at radius 3 is 2.88 bits per heavy atom. The van der Waals surface area contributed by atoms with Gasteiger partial charge in [0.05, 0.1) is 0 Å². The molecule has 2 aliphatic heterocycles. The van der Waals surface area contributed by atoms with Crippen LogP contribution in [0.15, 0.2) is 24.3 Å². The number of hydrogen-bond donors (Lipinski definition) is 1. The molecule has 5 nitrogen and oxygen atoms in total. The Morgan fingerprint density at radius 2 is 2.12 bits per heavy atom. The van der Waals surface area contributed by atoms with Crippen LogP contribution in [0.3, 0.4) is 0 Å². The lowest BCUT2D eigenvalue weighted by molar-refractivity contribution is -0.118. The fraction of sp³-hybridized carbons (Fsp3) is 0.450. The van der Waals surface area contributed by atoms with Crippen molar-refractivity contribution in [3.8, 4) is 0 Å². The van der Waals surface area contributed by atoms with Gasteiger partial charge in [-0.2, -0.15) is 0 Å². The second-order valence-corrected chi connectivity index (χ2v) is 7.05. The Morgan fingerprint density at radius 1 is 1.27 bits per heavy atom. The molecule has 1 amide bonds. The van der Waals surface area contributed by atoms with Gasteiger partial charge >= 0.3 is 0 Å². The van der Waals surface area contributed by atoms with Gasteiger partial charge in [0.1, 0.15) is 17.5 Å². The maximum atomic E-state index is 13.9. The van der Waals surface area contributed by atoms with Gasteiger partial charge < -0.3 is 5.32 Å². The number of aryl methyl sites for hydroxylation is 1. The first kappa shape index (κ1) is 17.1. The molecule has 1 aromatic heterocycles. The zero-order valence-electron chi connectivity index (χ0n) is 15.0. The number of carbonyl (C=O) groups excluding carboxylic acids is 1. The molecular weight excluding hydrogens is 331 g/mol. The third-order valence-corrected chi connectivity index (χ3v) is 5.34. The Bertz CT molecular complexity index is 833. The van der Waals surface area contributed by atoms with E-state index in [0.29, 0.717) is 37.3 Å². The molecule has 3 heterocycles. The van der Waals surface area contributed by atoms with Crippen molar-refractivity contribution in [1.29, 1.82) is 0 Å². The Labute approximate surface area is 152 Å². The second-order valence-electron chi connectivity index (χ2n) is 7.05. The van der Waals surface area contributed by atoms with Crippen molar-refractivity contribution in [2.24, 2.45) is 0 Å². The van der Waals surface area contributed by atoms with Crippen molar-refractivity contribution in [2.75, 3.05) is 24.5 Å². The van der Waals surface area contributed by atoms with Gasteiger partial charge in [-0.3, -0.25) is 9.69 Å². The number of halogens is 1. The minimum absolute atomic E-state index is 0.0578. The number of hydrogen-bond acceptors (Lipinski definition) is 4. The number of fused-ring (bicyclic) bond motifs is 1. The molecule has 1 saturated heterocycles. The van der Waals surface area contributed by atoms with Crippen LogP contribution in [-0.4, -0.2) is 35.5 Å². The highest BCUT2D eigenvalue weighted by Crippen LogP contribution is 2.31. The summed E-state index contributed by atoms with van der Waals surface area (Å²) < 4.78 is 13.9. The number of anilines is 1. The van der Waals surface area contributed by atoms with Crippen LogP contribution in [0, 0.1) is 12.7 Å². The normalized spacial score (nSPS) is 19.7. The molecule has 0 saturated carbocycles. The minimum atomic E-state index is -0.228. The Kier molecular flexibility index (Phi) is 4.68. The lowest BCUT2D eigenvalue weighted by Crippen LogP contribution is -2.38. The predicted molar refractivity (Wildman–Crippen MR) is 97.8 cm³/mol. The van der Waals surface area contributed by atoms with E-state index in [1.807, 2.05) is 13.0 Å². The molecule has 1 atom stereocenters. The maximum Gasteiger partial charge on any atom is 0.228 e. The molecule has 26 heavy (non-hydrogen) atoms.